The lowest BCUT2D eigenvalue weighted by Gasteiger charge is -2.27. The van der Waals surface area contributed by atoms with Crippen molar-refractivity contribution in [1.82, 2.24) is 0 Å². The van der Waals surface area contributed by atoms with E-state index in [1.54, 1.807) is 0 Å². The van der Waals surface area contributed by atoms with Gasteiger partial charge in [-0.05, 0) is 36.2 Å². The Kier molecular flexibility index (Phi) is 3.00. The maximum absolute atomic E-state index is 2.43. The molecule has 0 radical (unpaired) electrons. The van der Waals surface area contributed by atoms with Crippen LogP contribution in [0.4, 0.5) is 11.4 Å². The van der Waals surface area contributed by atoms with Crippen molar-refractivity contribution in [3.63, 3.8) is 0 Å². The van der Waals surface area contributed by atoms with Gasteiger partial charge in [0.05, 0.1) is 0 Å². The first-order valence-electron chi connectivity index (χ1n) is 7.77. The summed E-state index contributed by atoms with van der Waals surface area (Å²) in [6.45, 7) is 3.32. The molecule has 0 amide bonds. The van der Waals surface area contributed by atoms with E-state index in [0.717, 1.165) is 6.54 Å². The van der Waals surface area contributed by atoms with E-state index in [1.807, 2.05) is 0 Å². The Hall–Kier alpha value is -2.54. The fraction of sp³-hybridized carbons (Fsp3) is 0.143. The molecule has 3 aromatic carbocycles. The van der Waals surface area contributed by atoms with E-state index in [2.05, 4.69) is 96.8 Å². The van der Waals surface area contributed by atoms with Gasteiger partial charge < -0.3 is 4.90 Å². The number of fused-ring (bicyclic) bond motifs is 1. The molecule has 0 spiro atoms. The second-order valence-corrected chi connectivity index (χ2v) is 6.14. The summed E-state index contributed by atoms with van der Waals surface area (Å²) in [7, 11) is 0. The van der Waals surface area contributed by atoms with E-state index >= 15 is 0 Å². The van der Waals surface area contributed by atoms with Crippen molar-refractivity contribution in [2.24, 2.45) is 0 Å². The van der Waals surface area contributed by atoms with Crippen LogP contribution in [0, 0.1) is 0 Å². The van der Waals surface area contributed by atoms with Gasteiger partial charge in [-0.3, -0.25) is 0 Å². The predicted octanol–water partition coefficient (Wildman–Crippen LogP) is 5.14. The van der Waals surface area contributed by atoms with Crippen LogP contribution in [0.3, 0.4) is 0 Å². The predicted molar refractivity (Wildman–Crippen MR) is 92.8 cm³/mol. The highest BCUT2D eigenvalue weighted by Crippen LogP contribution is 2.47. The van der Waals surface area contributed by atoms with Crippen LogP contribution in [0.15, 0.2) is 84.9 Å². The highest BCUT2D eigenvalue weighted by Gasteiger charge is 2.40. The van der Waals surface area contributed by atoms with Crippen LogP contribution in [0.2, 0.25) is 0 Å². The first-order valence-corrected chi connectivity index (χ1v) is 7.77. The number of hydrogen-bond acceptors (Lipinski definition) is 1. The quantitative estimate of drug-likeness (QED) is 0.630. The number of nitrogens with zero attached hydrogens (tertiary/aromatic N) is 1. The molecule has 3 aromatic rings. The summed E-state index contributed by atoms with van der Waals surface area (Å²) in [5.74, 6) is 0. The summed E-state index contributed by atoms with van der Waals surface area (Å²) in [6.07, 6.45) is 0. The lowest BCUT2D eigenvalue weighted by molar-refractivity contribution is 0.616. The molecule has 0 unspecified atom stereocenters. The summed E-state index contributed by atoms with van der Waals surface area (Å²) in [4.78, 5) is 2.43. The van der Waals surface area contributed by atoms with Crippen LogP contribution in [-0.2, 0) is 5.41 Å². The zero-order chi connectivity index (χ0) is 15.0. The SMILES string of the molecule is C[C@]1(c2ccccc2)CN(c2ccccc2)c2ccccc21. The van der Waals surface area contributed by atoms with Gasteiger partial charge in [0.15, 0.2) is 0 Å². The summed E-state index contributed by atoms with van der Waals surface area (Å²) in [5, 5.41) is 0. The van der Waals surface area contributed by atoms with E-state index in [9.17, 15) is 0 Å². The number of anilines is 2. The van der Waals surface area contributed by atoms with Crippen LogP contribution >= 0.6 is 0 Å². The first-order chi connectivity index (χ1) is 10.8. The van der Waals surface area contributed by atoms with Crippen LogP contribution in [0.1, 0.15) is 18.1 Å². The van der Waals surface area contributed by atoms with Gasteiger partial charge in [0.2, 0.25) is 0 Å². The van der Waals surface area contributed by atoms with Gasteiger partial charge in [-0.1, -0.05) is 66.7 Å². The van der Waals surface area contributed by atoms with Crippen molar-refractivity contribution in [1.29, 1.82) is 0 Å². The average Bonchev–Trinajstić information content (AvgIpc) is 2.91. The lowest BCUT2D eigenvalue weighted by Crippen LogP contribution is -2.29. The zero-order valence-corrected chi connectivity index (χ0v) is 12.7. The van der Waals surface area contributed by atoms with Gasteiger partial charge in [-0.25, -0.2) is 0 Å². The van der Waals surface area contributed by atoms with Crippen molar-refractivity contribution >= 4 is 11.4 Å². The van der Waals surface area contributed by atoms with E-state index in [4.69, 9.17) is 0 Å². The third-order valence-corrected chi connectivity index (χ3v) is 4.74. The molecular formula is C21H19N. The van der Waals surface area contributed by atoms with Crippen molar-refractivity contribution < 1.29 is 0 Å². The second-order valence-electron chi connectivity index (χ2n) is 6.14. The summed E-state index contributed by atoms with van der Waals surface area (Å²) in [6, 6.07) is 30.3. The van der Waals surface area contributed by atoms with Crippen molar-refractivity contribution in [3.8, 4) is 0 Å². The zero-order valence-electron chi connectivity index (χ0n) is 12.7. The molecule has 0 fully saturated rings. The molecule has 1 aliphatic rings. The minimum atomic E-state index is 0.0215. The minimum absolute atomic E-state index is 0.0215. The number of para-hydroxylation sites is 2. The van der Waals surface area contributed by atoms with Gasteiger partial charge in [0.25, 0.3) is 0 Å². The van der Waals surface area contributed by atoms with E-state index in [-0.39, 0.29) is 5.41 Å². The monoisotopic (exact) mass is 285 g/mol. The maximum atomic E-state index is 2.43. The molecule has 22 heavy (non-hydrogen) atoms. The Balaban J connectivity index is 1.88. The van der Waals surface area contributed by atoms with Crippen molar-refractivity contribution in [2.45, 2.75) is 12.3 Å². The molecule has 0 saturated carbocycles. The smallest absolute Gasteiger partial charge is 0.0453 e. The molecule has 0 saturated heterocycles. The van der Waals surface area contributed by atoms with Gasteiger partial charge in [-0.2, -0.15) is 0 Å². The molecule has 0 bridgehead atoms. The van der Waals surface area contributed by atoms with Gasteiger partial charge >= 0.3 is 0 Å². The Morgan fingerprint density at radius 1 is 0.727 bits per heavy atom. The minimum Gasteiger partial charge on any atom is -0.340 e. The van der Waals surface area contributed by atoms with Gasteiger partial charge in [-0.15, -0.1) is 0 Å². The standard InChI is InChI=1S/C21H19N/c1-21(17-10-4-2-5-11-17)16-22(18-12-6-3-7-13-18)20-15-9-8-14-19(20)21/h2-15H,16H2,1H3/t21-/m1/s1. The average molecular weight is 285 g/mol. The van der Waals surface area contributed by atoms with Crippen LogP contribution in [0.25, 0.3) is 0 Å². The number of hydrogen-bond donors (Lipinski definition) is 0. The number of benzene rings is 3. The molecule has 1 nitrogen and oxygen atoms in total. The van der Waals surface area contributed by atoms with E-state index in [1.165, 1.54) is 22.5 Å². The summed E-state index contributed by atoms with van der Waals surface area (Å²) < 4.78 is 0. The van der Waals surface area contributed by atoms with E-state index < -0.39 is 0 Å². The fourth-order valence-electron chi connectivity index (χ4n) is 3.55. The first kappa shape index (κ1) is 13.1. The highest BCUT2D eigenvalue weighted by atomic mass is 15.2. The van der Waals surface area contributed by atoms with Gasteiger partial charge in [0, 0.05) is 23.3 Å². The molecule has 1 heterocycles. The molecule has 0 aromatic heterocycles. The molecule has 108 valence electrons. The third-order valence-electron chi connectivity index (χ3n) is 4.74. The number of rotatable bonds is 2. The third kappa shape index (κ3) is 1.93. The Bertz CT molecular complexity index is 779. The van der Waals surface area contributed by atoms with Crippen LogP contribution < -0.4 is 4.90 Å². The summed E-state index contributed by atoms with van der Waals surface area (Å²) >= 11 is 0. The molecule has 1 atom stereocenters. The fourth-order valence-corrected chi connectivity index (χ4v) is 3.55. The Morgan fingerprint density at radius 2 is 1.32 bits per heavy atom. The van der Waals surface area contributed by atoms with Crippen LogP contribution in [-0.4, -0.2) is 6.54 Å². The lowest BCUT2D eigenvalue weighted by atomic mass is 9.78. The van der Waals surface area contributed by atoms with Crippen molar-refractivity contribution in [3.05, 3.63) is 96.1 Å². The van der Waals surface area contributed by atoms with Gasteiger partial charge in [0.1, 0.15) is 0 Å². The van der Waals surface area contributed by atoms with Crippen molar-refractivity contribution in [2.75, 3.05) is 11.4 Å². The Morgan fingerprint density at radius 3 is 2.05 bits per heavy atom. The molecule has 0 N–H and O–H groups in total. The summed E-state index contributed by atoms with van der Waals surface area (Å²) in [5.41, 5.74) is 5.38. The Labute approximate surface area is 131 Å². The molecule has 0 aliphatic carbocycles. The molecular weight excluding hydrogens is 266 g/mol. The van der Waals surface area contributed by atoms with Crippen LogP contribution in [0.5, 0.6) is 0 Å². The topological polar surface area (TPSA) is 3.24 Å². The molecule has 4 rings (SSSR count). The largest absolute Gasteiger partial charge is 0.340 e. The second kappa shape index (κ2) is 5.03. The molecule has 1 aliphatic heterocycles. The normalized spacial score (nSPS) is 20.0. The maximum Gasteiger partial charge on any atom is 0.0453 e. The highest BCUT2D eigenvalue weighted by molar-refractivity contribution is 5.74. The molecule has 1 heteroatoms. The van der Waals surface area contributed by atoms with E-state index in [0.29, 0.717) is 0 Å².